The Kier molecular flexibility index (Phi) is 7.48. The Bertz CT molecular complexity index is 1110. The van der Waals surface area contributed by atoms with E-state index in [0.717, 1.165) is 12.0 Å². The fraction of sp³-hybridized carbons (Fsp3) is 0.250. The average Bonchev–Trinajstić information content (AvgIpc) is 2.99. The predicted octanol–water partition coefficient (Wildman–Crippen LogP) is 5.22. The van der Waals surface area contributed by atoms with E-state index < -0.39 is 5.97 Å². The monoisotopic (exact) mass is 469 g/mol. The first-order valence-corrected chi connectivity index (χ1v) is 11.3. The largest absolute Gasteiger partial charge is 0.488 e. The second-order valence-electron chi connectivity index (χ2n) is 7.21. The van der Waals surface area contributed by atoms with Crippen LogP contribution in [0.2, 0.25) is 0 Å². The maximum atomic E-state index is 12.2. The predicted molar refractivity (Wildman–Crippen MR) is 129 cm³/mol. The minimum absolute atomic E-state index is 0.184. The Morgan fingerprint density at radius 3 is 2.34 bits per heavy atom. The Morgan fingerprint density at radius 1 is 1.12 bits per heavy atom. The molecule has 32 heavy (non-hydrogen) atoms. The lowest BCUT2D eigenvalue weighted by molar-refractivity contribution is -0.132. The number of Topliss-reactive ketones (excluding diaryl/α,β-unsaturated/α-hetero) is 1. The van der Waals surface area contributed by atoms with Gasteiger partial charge < -0.3 is 9.47 Å². The zero-order valence-corrected chi connectivity index (χ0v) is 19.7. The normalized spacial score (nSPS) is 13.5. The molecule has 0 bridgehead atoms. The van der Waals surface area contributed by atoms with Crippen LogP contribution in [0, 0.1) is 0 Å². The van der Waals surface area contributed by atoms with Crippen LogP contribution in [0.15, 0.2) is 47.9 Å². The molecular weight excluding hydrogens is 446 g/mol. The second kappa shape index (κ2) is 10.1. The highest BCUT2D eigenvalue weighted by Gasteiger charge is 2.31. The van der Waals surface area contributed by atoms with E-state index in [1.165, 1.54) is 30.5 Å². The molecule has 0 spiro atoms. The summed E-state index contributed by atoms with van der Waals surface area (Å²) >= 11 is 6.44. The van der Waals surface area contributed by atoms with Gasteiger partial charge in [-0.3, -0.25) is 19.3 Å². The van der Waals surface area contributed by atoms with Crippen molar-refractivity contribution in [2.75, 3.05) is 4.90 Å². The van der Waals surface area contributed by atoms with Crippen molar-refractivity contribution in [3.05, 3.63) is 64.6 Å². The number of rotatable bonds is 8. The summed E-state index contributed by atoms with van der Waals surface area (Å²) in [6.07, 6.45) is 1.38. The van der Waals surface area contributed by atoms with Crippen LogP contribution in [-0.4, -0.2) is 22.0 Å². The van der Waals surface area contributed by atoms with Crippen LogP contribution in [0.3, 0.4) is 0 Å². The summed E-state index contributed by atoms with van der Waals surface area (Å²) in [5, 5.41) is 0. The van der Waals surface area contributed by atoms with E-state index in [1.54, 1.807) is 24.3 Å². The average molecular weight is 470 g/mol. The van der Waals surface area contributed by atoms with E-state index in [0.29, 0.717) is 38.2 Å². The smallest absolute Gasteiger partial charge is 0.308 e. The molecule has 2 aromatic rings. The van der Waals surface area contributed by atoms with E-state index in [1.807, 2.05) is 19.1 Å². The van der Waals surface area contributed by atoms with Gasteiger partial charge in [0.15, 0.2) is 10.1 Å². The van der Waals surface area contributed by atoms with Crippen molar-refractivity contribution in [2.45, 2.75) is 40.2 Å². The summed E-state index contributed by atoms with van der Waals surface area (Å²) < 4.78 is 11.9. The minimum atomic E-state index is -0.493. The SMILES string of the molecule is C=C1SC(=S)N(c2ccc(COc3ccc(C(C)=O)c(OC(C)=O)c3CCC)cc2)C1=O. The highest BCUT2D eigenvalue weighted by molar-refractivity contribution is 8.27. The zero-order chi connectivity index (χ0) is 23.4. The standard InChI is InChI=1S/C24H23NO5S2/c1-5-6-20-21(12-11-19(14(2)26)22(20)30-16(4)27)29-13-17-7-9-18(10-8-17)25-23(28)15(3)32-24(25)31/h7-12H,3,5-6,13H2,1-2,4H3. The van der Waals surface area contributed by atoms with Gasteiger partial charge >= 0.3 is 5.97 Å². The van der Waals surface area contributed by atoms with Crippen LogP contribution in [0.25, 0.3) is 0 Å². The first-order chi connectivity index (χ1) is 15.2. The molecule has 8 heteroatoms. The summed E-state index contributed by atoms with van der Waals surface area (Å²) in [5.41, 5.74) is 2.59. The van der Waals surface area contributed by atoms with Crippen LogP contribution in [-0.2, 0) is 22.6 Å². The number of nitrogens with zero attached hydrogens (tertiary/aromatic N) is 1. The zero-order valence-electron chi connectivity index (χ0n) is 18.1. The van der Waals surface area contributed by atoms with Crippen LogP contribution in [0.1, 0.15) is 48.7 Å². The number of thioether (sulfide) groups is 1. The van der Waals surface area contributed by atoms with E-state index >= 15 is 0 Å². The summed E-state index contributed by atoms with van der Waals surface area (Å²) in [6, 6.07) is 10.7. The maximum Gasteiger partial charge on any atom is 0.308 e. The number of esters is 1. The summed E-state index contributed by atoms with van der Waals surface area (Å²) in [7, 11) is 0. The van der Waals surface area contributed by atoms with E-state index in [4.69, 9.17) is 21.7 Å². The number of thiocarbonyl (C=S) groups is 1. The first-order valence-electron chi connectivity index (χ1n) is 10.0. The number of ether oxygens (including phenoxy) is 2. The molecule has 3 rings (SSSR count). The lowest BCUT2D eigenvalue weighted by atomic mass is 10.0. The Labute approximate surface area is 196 Å². The Balaban J connectivity index is 1.82. The summed E-state index contributed by atoms with van der Waals surface area (Å²) in [4.78, 5) is 37.7. The second-order valence-corrected chi connectivity index (χ2v) is 8.93. The molecule has 1 aliphatic rings. The first kappa shape index (κ1) is 23.7. The van der Waals surface area contributed by atoms with Crippen LogP contribution >= 0.6 is 24.0 Å². The Hall–Kier alpha value is -2.97. The number of carbonyl (C=O) groups excluding carboxylic acids is 3. The van der Waals surface area contributed by atoms with Crippen molar-refractivity contribution in [3.8, 4) is 11.5 Å². The van der Waals surface area contributed by atoms with E-state index in [-0.39, 0.29) is 24.0 Å². The van der Waals surface area contributed by atoms with Gasteiger partial charge in [0.1, 0.15) is 18.1 Å². The van der Waals surface area contributed by atoms with Crippen molar-refractivity contribution in [2.24, 2.45) is 0 Å². The highest BCUT2D eigenvalue weighted by Crippen LogP contribution is 2.36. The lowest BCUT2D eigenvalue weighted by Crippen LogP contribution is -2.27. The third-order valence-corrected chi connectivity index (χ3v) is 5.98. The number of carbonyl (C=O) groups is 3. The molecule has 1 aliphatic heterocycles. The molecule has 1 amide bonds. The number of hydrogen-bond donors (Lipinski definition) is 0. The van der Waals surface area contributed by atoms with Gasteiger partial charge in [0.2, 0.25) is 0 Å². The molecule has 2 aromatic carbocycles. The van der Waals surface area contributed by atoms with Gasteiger partial charge in [0.05, 0.1) is 16.2 Å². The van der Waals surface area contributed by atoms with Gasteiger partial charge in [0, 0.05) is 12.5 Å². The number of benzene rings is 2. The molecular formula is C24H23NO5S2. The molecule has 166 valence electrons. The fourth-order valence-electron chi connectivity index (χ4n) is 3.30. The minimum Gasteiger partial charge on any atom is -0.488 e. The van der Waals surface area contributed by atoms with Gasteiger partial charge in [0.25, 0.3) is 5.91 Å². The van der Waals surface area contributed by atoms with Crippen molar-refractivity contribution < 1.29 is 23.9 Å². The number of hydrogen-bond acceptors (Lipinski definition) is 7. The number of ketones is 1. The third-order valence-electron chi connectivity index (χ3n) is 4.77. The van der Waals surface area contributed by atoms with Crippen molar-refractivity contribution >= 4 is 51.6 Å². The molecule has 0 saturated carbocycles. The molecule has 0 aliphatic carbocycles. The van der Waals surface area contributed by atoms with Crippen LogP contribution in [0.4, 0.5) is 5.69 Å². The van der Waals surface area contributed by atoms with Gasteiger partial charge in [-0.15, -0.1) is 0 Å². The van der Waals surface area contributed by atoms with Gasteiger partial charge in [-0.25, -0.2) is 0 Å². The van der Waals surface area contributed by atoms with Crippen molar-refractivity contribution in [1.82, 2.24) is 0 Å². The van der Waals surface area contributed by atoms with E-state index in [2.05, 4.69) is 6.58 Å². The fourth-order valence-corrected chi connectivity index (χ4v) is 4.46. The molecule has 1 fully saturated rings. The number of amides is 1. The molecule has 0 radical (unpaired) electrons. The Morgan fingerprint density at radius 2 is 1.81 bits per heavy atom. The van der Waals surface area contributed by atoms with Crippen LogP contribution in [0.5, 0.6) is 11.5 Å². The quantitative estimate of drug-likeness (QED) is 0.172. The van der Waals surface area contributed by atoms with Crippen molar-refractivity contribution in [3.63, 3.8) is 0 Å². The molecule has 0 atom stereocenters. The summed E-state index contributed by atoms with van der Waals surface area (Å²) in [5.74, 6) is -0.0696. The number of anilines is 1. The van der Waals surface area contributed by atoms with E-state index in [9.17, 15) is 14.4 Å². The molecule has 1 saturated heterocycles. The lowest BCUT2D eigenvalue weighted by Gasteiger charge is -2.18. The molecule has 0 unspecified atom stereocenters. The van der Waals surface area contributed by atoms with Crippen LogP contribution < -0.4 is 14.4 Å². The maximum absolute atomic E-state index is 12.2. The highest BCUT2D eigenvalue weighted by atomic mass is 32.2. The molecule has 0 N–H and O–H groups in total. The van der Waals surface area contributed by atoms with Gasteiger partial charge in [-0.1, -0.05) is 56.0 Å². The van der Waals surface area contributed by atoms with Crippen molar-refractivity contribution in [1.29, 1.82) is 0 Å². The third kappa shape index (κ3) is 5.08. The molecule has 0 aromatic heterocycles. The summed E-state index contributed by atoms with van der Waals surface area (Å²) in [6.45, 7) is 8.72. The molecule has 1 heterocycles. The topological polar surface area (TPSA) is 72.9 Å². The van der Waals surface area contributed by atoms with Gasteiger partial charge in [-0.2, -0.15) is 0 Å². The molecule has 6 nitrogen and oxygen atoms in total. The van der Waals surface area contributed by atoms with Gasteiger partial charge in [-0.05, 0) is 43.2 Å².